The molecule has 0 aliphatic carbocycles. The Kier molecular flexibility index (Phi) is 4.23. The van der Waals surface area contributed by atoms with Crippen LogP contribution in [0.5, 0.6) is 12.0 Å². The van der Waals surface area contributed by atoms with E-state index in [1.54, 1.807) is 12.2 Å². The minimum Gasteiger partial charge on any atom is -0.432 e. The van der Waals surface area contributed by atoms with E-state index in [9.17, 15) is 0 Å². The van der Waals surface area contributed by atoms with Gasteiger partial charge in [-0.1, -0.05) is 29.5 Å². The summed E-state index contributed by atoms with van der Waals surface area (Å²) < 4.78 is 12.1. The standard InChI is InChI=1S/C15H14N6O2/c1-3-9-22-14-16-13(17-15(18-14)23-10-4-2)21-12-8-6-5-7-11(12)19-20-21/h3-10H,1-2H3/b9-3+,10-4+. The van der Waals surface area contributed by atoms with E-state index >= 15 is 0 Å². The van der Waals surface area contributed by atoms with Crippen molar-refractivity contribution < 1.29 is 9.47 Å². The number of fused-ring (bicyclic) bond motifs is 1. The van der Waals surface area contributed by atoms with Crippen molar-refractivity contribution in [3.8, 4) is 18.0 Å². The Morgan fingerprint density at radius 1 is 0.913 bits per heavy atom. The lowest BCUT2D eigenvalue weighted by Crippen LogP contribution is -2.07. The van der Waals surface area contributed by atoms with Crippen LogP contribution in [0.3, 0.4) is 0 Å². The molecule has 0 N–H and O–H groups in total. The fourth-order valence-corrected chi connectivity index (χ4v) is 1.80. The molecule has 23 heavy (non-hydrogen) atoms. The van der Waals surface area contributed by atoms with Crippen LogP contribution in [-0.4, -0.2) is 29.9 Å². The number of hydrogen-bond acceptors (Lipinski definition) is 7. The zero-order valence-corrected chi connectivity index (χ0v) is 12.6. The fraction of sp³-hybridized carbons (Fsp3) is 0.133. The average Bonchev–Trinajstić information content (AvgIpc) is 3.02. The Morgan fingerprint density at radius 2 is 1.57 bits per heavy atom. The van der Waals surface area contributed by atoms with E-state index in [-0.39, 0.29) is 18.0 Å². The number of ether oxygens (including phenoxy) is 2. The van der Waals surface area contributed by atoms with Gasteiger partial charge in [0.25, 0.3) is 5.95 Å². The highest BCUT2D eigenvalue weighted by atomic mass is 16.5. The normalized spacial score (nSPS) is 11.6. The van der Waals surface area contributed by atoms with E-state index in [0.29, 0.717) is 0 Å². The molecule has 0 atom stereocenters. The van der Waals surface area contributed by atoms with Crippen LogP contribution < -0.4 is 9.47 Å². The predicted octanol–water partition coefficient (Wildman–Crippen LogP) is 2.43. The molecule has 0 bridgehead atoms. The summed E-state index contributed by atoms with van der Waals surface area (Å²) in [5.74, 6) is 0.257. The first-order valence-corrected chi connectivity index (χ1v) is 6.94. The van der Waals surface area contributed by atoms with Gasteiger partial charge in [-0.3, -0.25) is 0 Å². The van der Waals surface area contributed by atoms with Gasteiger partial charge in [-0.25, -0.2) is 0 Å². The maximum atomic E-state index is 5.32. The van der Waals surface area contributed by atoms with Gasteiger partial charge in [-0.15, -0.1) is 10.1 Å². The van der Waals surface area contributed by atoms with Crippen molar-refractivity contribution in [2.75, 3.05) is 0 Å². The Labute approximate surface area is 132 Å². The molecule has 0 fully saturated rings. The molecule has 2 heterocycles. The largest absolute Gasteiger partial charge is 0.432 e. The van der Waals surface area contributed by atoms with Crippen LogP contribution in [-0.2, 0) is 0 Å². The summed E-state index contributed by atoms with van der Waals surface area (Å²) in [4.78, 5) is 12.5. The van der Waals surface area contributed by atoms with E-state index in [1.165, 1.54) is 17.2 Å². The van der Waals surface area contributed by atoms with E-state index in [0.717, 1.165) is 11.0 Å². The second-order valence-electron chi connectivity index (χ2n) is 4.37. The molecule has 8 nitrogen and oxygen atoms in total. The molecule has 0 unspecified atom stereocenters. The number of allylic oxidation sites excluding steroid dienone is 2. The highest BCUT2D eigenvalue weighted by Crippen LogP contribution is 2.17. The Balaban J connectivity index is 2.09. The van der Waals surface area contributed by atoms with Crippen molar-refractivity contribution in [1.29, 1.82) is 0 Å². The number of aromatic nitrogens is 6. The smallest absolute Gasteiger partial charge is 0.329 e. The number of para-hydroxylation sites is 1. The van der Waals surface area contributed by atoms with Crippen molar-refractivity contribution in [2.45, 2.75) is 13.8 Å². The minimum atomic E-state index is 0.104. The SMILES string of the molecule is C/C=C/Oc1nc(O/C=C/C)nc(-n2nnc3ccccc32)n1. The molecule has 0 saturated carbocycles. The summed E-state index contributed by atoms with van der Waals surface area (Å²) in [6.07, 6.45) is 6.39. The molecule has 1 aromatic carbocycles. The van der Waals surface area contributed by atoms with Gasteiger partial charge in [0.1, 0.15) is 5.52 Å². The summed E-state index contributed by atoms with van der Waals surface area (Å²) in [5.41, 5.74) is 1.51. The molecular formula is C15H14N6O2. The second kappa shape index (κ2) is 6.65. The number of benzene rings is 1. The predicted molar refractivity (Wildman–Crippen MR) is 83.1 cm³/mol. The van der Waals surface area contributed by atoms with Crippen LogP contribution in [0.4, 0.5) is 0 Å². The summed E-state index contributed by atoms with van der Waals surface area (Å²) in [6.45, 7) is 3.65. The van der Waals surface area contributed by atoms with Gasteiger partial charge in [0.15, 0.2) is 0 Å². The van der Waals surface area contributed by atoms with E-state index < -0.39 is 0 Å². The molecule has 116 valence electrons. The molecule has 0 radical (unpaired) electrons. The molecule has 0 spiro atoms. The number of nitrogens with zero attached hydrogens (tertiary/aromatic N) is 6. The van der Waals surface area contributed by atoms with Crippen molar-refractivity contribution >= 4 is 11.0 Å². The lowest BCUT2D eigenvalue weighted by molar-refractivity contribution is 0.392. The van der Waals surface area contributed by atoms with Crippen molar-refractivity contribution in [2.24, 2.45) is 0 Å². The lowest BCUT2D eigenvalue weighted by atomic mass is 10.3. The van der Waals surface area contributed by atoms with E-state index in [4.69, 9.17) is 9.47 Å². The molecule has 2 aromatic heterocycles. The third kappa shape index (κ3) is 3.15. The van der Waals surface area contributed by atoms with E-state index in [1.807, 2.05) is 38.1 Å². The van der Waals surface area contributed by atoms with Gasteiger partial charge >= 0.3 is 12.0 Å². The second-order valence-corrected chi connectivity index (χ2v) is 4.37. The molecule has 3 aromatic rings. The van der Waals surface area contributed by atoms with Crippen LogP contribution in [0.1, 0.15) is 13.8 Å². The van der Waals surface area contributed by atoms with Crippen LogP contribution >= 0.6 is 0 Å². The molecular weight excluding hydrogens is 296 g/mol. The Hall–Kier alpha value is -3.29. The third-order valence-corrected chi connectivity index (χ3v) is 2.74. The van der Waals surface area contributed by atoms with Gasteiger partial charge in [0, 0.05) is 0 Å². The third-order valence-electron chi connectivity index (χ3n) is 2.74. The quantitative estimate of drug-likeness (QED) is 0.669. The van der Waals surface area contributed by atoms with Crippen LogP contribution in [0.25, 0.3) is 17.0 Å². The molecule has 0 amide bonds. The van der Waals surface area contributed by atoms with Gasteiger partial charge in [0.2, 0.25) is 0 Å². The first kappa shape index (κ1) is 14.6. The number of rotatable bonds is 5. The van der Waals surface area contributed by atoms with Crippen molar-refractivity contribution in [3.05, 3.63) is 48.9 Å². The van der Waals surface area contributed by atoms with Crippen LogP contribution in [0, 0.1) is 0 Å². The summed E-state index contributed by atoms with van der Waals surface area (Å²) in [6, 6.07) is 7.71. The summed E-state index contributed by atoms with van der Waals surface area (Å²) in [7, 11) is 0. The molecule has 0 aliphatic heterocycles. The van der Waals surface area contributed by atoms with Crippen LogP contribution in [0.2, 0.25) is 0 Å². The van der Waals surface area contributed by atoms with Crippen LogP contribution in [0.15, 0.2) is 48.9 Å². The van der Waals surface area contributed by atoms with Gasteiger partial charge < -0.3 is 9.47 Å². The highest BCUT2D eigenvalue weighted by molar-refractivity contribution is 5.75. The minimum absolute atomic E-state index is 0.104. The average molecular weight is 310 g/mol. The Morgan fingerprint density at radius 3 is 2.22 bits per heavy atom. The van der Waals surface area contributed by atoms with Crippen molar-refractivity contribution in [1.82, 2.24) is 29.9 Å². The van der Waals surface area contributed by atoms with Gasteiger partial charge in [-0.2, -0.15) is 14.6 Å². The van der Waals surface area contributed by atoms with Gasteiger partial charge in [0.05, 0.1) is 18.0 Å². The molecule has 3 rings (SSSR count). The maximum absolute atomic E-state index is 5.32. The monoisotopic (exact) mass is 310 g/mol. The summed E-state index contributed by atoms with van der Waals surface area (Å²) >= 11 is 0. The first-order valence-electron chi connectivity index (χ1n) is 6.94. The van der Waals surface area contributed by atoms with Gasteiger partial charge in [-0.05, 0) is 26.0 Å². The van der Waals surface area contributed by atoms with Crippen molar-refractivity contribution in [3.63, 3.8) is 0 Å². The first-order chi connectivity index (χ1) is 11.3. The summed E-state index contributed by atoms with van der Waals surface area (Å²) in [5, 5.41) is 8.16. The molecule has 0 aliphatic rings. The Bertz CT molecular complexity index is 839. The molecule has 8 heteroatoms. The maximum Gasteiger partial charge on any atom is 0.329 e. The van der Waals surface area contributed by atoms with E-state index in [2.05, 4.69) is 25.3 Å². The fourth-order valence-electron chi connectivity index (χ4n) is 1.80. The highest BCUT2D eigenvalue weighted by Gasteiger charge is 2.13. The lowest BCUT2D eigenvalue weighted by Gasteiger charge is -2.05. The number of hydrogen-bond donors (Lipinski definition) is 0. The topological polar surface area (TPSA) is 87.8 Å². The molecule has 0 saturated heterocycles. The zero-order valence-electron chi connectivity index (χ0n) is 12.6. The zero-order chi connectivity index (χ0) is 16.1.